The number of carbonyl (C=O) groups excluding carboxylic acids is 2. The number of carbonyl (C=O) groups is 2. The first-order valence-corrected chi connectivity index (χ1v) is 7.29. The number of alkyl halides is 1. The van der Waals surface area contributed by atoms with Crippen molar-refractivity contribution in [3.63, 3.8) is 0 Å². The van der Waals surface area contributed by atoms with Crippen LogP contribution in [0.25, 0.3) is 11.0 Å². The number of primary amides is 1. The highest BCUT2D eigenvalue weighted by molar-refractivity contribution is 6.21. The third kappa shape index (κ3) is 3.96. The summed E-state index contributed by atoms with van der Waals surface area (Å²) in [6.07, 6.45) is 1.19. The maximum Gasteiger partial charge on any atom is 0.242 e. The lowest BCUT2D eigenvalue weighted by atomic mass is 10.2. The van der Waals surface area contributed by atoms with E-state index in [1.165, 1.54) is 4.90 Å². The van der Waals surface area contributed by atoms with Crippen LogP contribution in [0.3, 0.4) is 0 Å². The van der Waals surface area contributed by atoms with E-state index in [9.17, 15) is 9.59 Å². The third-order valence-electron chi connectivity index (χ3n) is 3.00. The molecule has 1 atom stereocenters. The van der Waals surface area contributed by atoms with E-state index in [-0.39, 0.29) is 30.6 Å². The minimum atomic E-state index is -0.581. The molecule has 0 aliphatic carbocycles. The zero-order valence-corrected chi connectivity index (χ0v) is 13.2. The van der Waals surface area contributed by atoms with Crippen molar-refractivity contribution in [1.29, 1.82) is 5.26 Å². The monoisotopic (exact) mass is 334 g/mol. The van der Waals surface area contributed by atoms with Gasteiger partial charge in [0.05, 0.1) is 17.9 Å². The summed E-state index contributed by atoms with van der Waals surface area (Å²) in [5.41, 5.74) is 5.66. The highest BCUT2D eigenvalue weighted by Crippen LogP contribution is 2.25. The fourth-order valence-corrected chi connectivity index (χ4v) is 2.27. The number of nitrogens with zero attached hydrogens (tertiary/aromatic N) is 4. The van der Waals surface area contributed by atoms with Gasteiger partial charge >= 0.3 is 0 Å². The Labute approximate surface area is 137 Å². The van der Waals surface area contributed by atoms with Gasteiger partial charge in [0, 0.05) is 18.1 Å². The number of nitrogens with one attached hydrogen (secondary N) is 1. The molecule has 120 valence electrons. The van der Waals surface area contributed by atoms with E-state index >= 15 is 0 Å². The number of halogens is 1. The van der Waals surface area contributed by atoms with Gasteiger partial charge in [0.15, 0.2) is 0 Å². The molecule has 0 aromatic carbocycles. The molecule has 8 nitrogen and oxygen atoms in total. The van der Waals surface area contributed by atoms with Crippen LogP contribution < -0.4 is 10.6 Å². The molecular weight excluding hydrogens is 320 g/mol. The summed E-state index contributed by atoms with van der Waals surface area (Å²) in [4.78, 5) is 36.1. The number of anilines is 1. The first-order chi connectivity index (χ1) is 10.9. The number of rotatable bonds is 6. The van der Waals surface area contributed by atoms with Crippen LogP contribution in [-0.2, 0) is 16.0 Å². The molecule has 0 aliphatic rings. The van der Waals surface area contributed by atoms with Gasteiger partial charge in [0.25, 0.3) is 0 Å². The Morgan fingerprint density at radius 2 is 2.26 bits per heavy atom. The third-order valence-corrected chi connectivity index (χ3v) is 3.13. The molecule has 0 saturated heterocycles. The minimum Gasteiger partial charge on any atom is -0.369 e. The molecule has 0 saturated carbocycles. The summed E-state index contributed by atoms with van der Waals surface area (Å²) in [5, 5.41) is 9.04. The Hall–Kier alpha value is -2.66. The molecule has 2 amide bonds. The molecule has 0 spiro atoms. The van der Waals surface area contributed by atoms with Crippen LogP contribution in [0.15, 0.2) is 12.3 Å². The van der Waals surface area contributed by atoms with Crippen LogP contribution in [0.2, 0.25) is 0 Å². The molecule has 23 heavy (non-hydrogen) atoms. The molecule has 3 N–H and O–H groups in total. The number of nitrogens with two attached hydrogens (primary N) is 1. The van der Waals surface area contributed by atoms with E-state index in [4.69, 9.17) is 22.6 Å². The van der Waals surface area contributed by atoms with Gasteiger partial charge < -0.3 is 10.7 Å². The minimum absolute atomic E-state index is 0.154. The van der Waals surface area contributed by atoms with E-state index in [2.05, 4.69) is 15.0 Å². The van der Waals surface area contributed by atoms with Crippen LogP contribution >= 0.6 is 11.6 Å². The number of hydrogen-bond acceptors (Lipinski definition) is 5. The number of aromatic nitrogens is 3. The summed E-state index contributed by atoms with van der Waals surface area (Å²) in [5.74, 6) is -0.506. The van der Waals surface area contributed by atoms with E-state index in [1.54, 1.807) is 19.2 Å². The van der Waals surface area contributed by atoms with Crippen LogP contribution in [0, 0.1) is 11.3 Å². The van der Waals surface area contributed by atoms with Gasteiger partial charge in [-0.2, -0.15) is 5.26 Å². The van der Waals surface area contributed by atoms with Gasteiger partial charge in [0.1, 0.15) is 23.7 Å². The molecule has 2 aromatic heterocycles. The molecule has 0 fully saturated rings. The molecule has 2 aromatic rings. The van der Waals surface area contributed by atoms with Crippen molar-refractivity contribution in [1.82, 2.24) is 15.0 Å². The lowest BCUT2D eigenvalue weighted by Crippen LogP contribution is -2.36. The predicted molar refractivity (Wildman–Crippen MR) is 84.7 cm³/mol. The molecule has 0 radical (unpaired) electrons. The molecule has 0 unspecified atom stereocenters. The fourth-order valence-electron chi connectivity index (χ4n) is 2.13. The van der Waals surface area contributed by atoms with Crippen molar-refractivity contribution >= 4 is 40.3 Å². The first-order valence-electron chi connectivity index (χ1n) is 6.86. The van der Waals surface area contributed by atoms with Gasteiger partial charge in [-0.3, -0.25) is 14.5 Å². The lowest BCUT2D eigenvalue weighted by Gasteiger charge is -2.23. The van der Waals surface area contributed by atoms with Crippen LogP contribution in [-0.4, -0.2) is 38.7 Å². The summed E-state index contributed by atoms with van der Waals surface area (Å²) in [6.45, 7) is 1.91. The van der Waals surface area contributed by atoms with Crippen LogP contribution in [0.1, 0.15) is 19.2 Å². The maximum atomic E-state index is 12.3. The smallest absolute Gasteiger partial charge is 0.242 e. The zero-order chi connectivity index (χ0) is 17.0. The van der Waals surface area contributed by atoms with Crippen molar-refractivity contribution in [2.75, 3.05) is 11.4 Å². The van der Waals surface area contributed by atoms with Gasteiger partial charge in [-0.1, -0.05) is 0 Å². The summed E-state index contributed by atoms with van der Waals surface area (Å²) in [7, 11) is 0. The largest absolute Gasteiger partial charge is 0.369 e. The Morgan fingerprint density at radius 3 is 2.87 bits per heavy atom. The van der Waals surface area contributed by atoms with Gasteiger partial charge in [0.2, 0.25) is 11.8 Å². The summed E-state index contributed by atoms with van der Waals surface area (Å²) in [6, 6.07) is 3.53. The number of fused-ring (bicyclic) bond motifs is 1. The Kier molecular flexibility index (Phi) is 5.13. The van der Waals surface area contributed by atoms with E-state index < -0.39 is 11.8 Å². The number of hydrogen-bond donors (Lipinski definition) is 2. The quantitative estimate of drug-likeness (QED) is 0.757. The SMILES string of the molecule is C[C@@H](Cl)CN(C(=O)CC#N)c1nc(CC(N)=O)nc2[nH]ccc12. The second-order valence-corrected chi connectivity index (χ2v) is 5.71. The molecule has 2 heterocycles. The van der Waals surface area contributed by atoms with Gasteiger partial charge in [-0.25, -0.2) is 9.97 Å². The van der Waals surface area contributed by atoms with Gasteiger partial charge in [-0.15, -0.1) is 11.6 Å². The number of nitriles is 1. The van der Waals surface area contributed by atoms with Crippen LogP contribution in [0.4, 0.5) is 5.82 Å². The zero-order valence-electron chi connectivity index (χ0n) is 12.4. The maximum absolute atomic E-state index is 12.3. The Balaban J connectivity index is 2.55. The van der Waals surface area contributed by atoms with Crippen LogP contribution in [0.5, 0.6) is 0 Å². The van der Waals surface area contributed by atoms with E-state index in [0.717, 1.165) is 0 Å². The molecule has 0 aliphatic heterocycles. The number of aromatic amines is 1. The second kappa shape index (κ2) is 7.07. The number of H-pyrrole nitrogens is 1. The highest BCUT2D eigenvalue weighted by Gasteiger charge is 2.23. The average molecular weight is 335 g/mol. The van der Waals surface area contributed by atoms with Crippen molar-refractivity contribution in [3.8, 4) is 6.07 Å². The second-order valence-electron chi connectivity index (χ2n) is 4.97. The average Bonchev–Trinajstić information content (AvgIpc) is 2.91. The topological polar surface area (TPSA) is 129 Å². The number of amides is 2. The van der Waals surface area contributed by atoms with Crippen molar-refractivity contribution < 1.29 is 9.59 Å². The Bertz CT molecular complexity index is 779. The standard InChI is InChI=1S/C14H15ClN6O2/c1-8(15)7-21(12(23)2-4-16)14-9-3-5-18-13(9)19-11(20-14)6-10(17)22/h3,5,8H,2,6-7H2,1H3,(H2,17,22)(H,18,19,20)/t8-/m1/s1. The van der Waals surface area contributed by atoms with Crippen molar-refractivity contribution in [2.45, 2.75) is 25.1 Å². The van der Waals surface area contributed by atoms with Crippen molar-refractivity contribution in [2.24, 2.45) is 5.73 Å². The summed E-state index contributed by atoms with van der Waals surface area (Å²) >= 11 is 6.01. The molecule has 0 bridgehead atoms. The van der Waals surface area contributed by atoms with E-state index in [0.29, 0.717) is 16.9 Å². The normalized spacial score (nSPS) is 11.9. The first kappa shape index (κ1) is 16.7. The molecule has 2 rings (SSSR count). The van der Waals surface area contributed by atoms with E-state index in [1.807, 2.05) is 6.07 Å². The lowest BCUT2D eigenvalue weighted by molar-refractivity contribution is -0.118. The highest BCUT2D eigenvalue weighted by atomic mass is 35.5. The predicted octanol–water partition coefficient (Wildman–Crippen LogP) is 0.860. The van der Waals surface area contributed by atoms with Crippen molar-refractivity contribution in [3.05, 3.63) is 18.1 Å². The fraction of sp³-hybridized carbons (Fsp3) is 0.357. The molecule has 9 heteroatoms. The summed E-state index contributed by atoms with van der Waals surface area (Å²) < 4.78 is 0. The van der Waals surface area contributed by atoms with Gasteiger partial charge in [-0.05, 0) is 13.0 Å². The molecular formula is C14H15ClN6O2. The Morgan fingerprint density at radius 1 is 1.52 bits per heavy atom.